The van der Waals surface area contributed by atoms with Crippen molar-refractivity contribution >= 4 is 15.7 Å². The summed E-state index contributed by atoms with van der Waals surface area (Å²) in [6.45, 7) is 4.75. The van der Waals surface area contributed by atoms with Gasteiger partial charge in [-0.05, 0) is 26.8 Å². The Morgan fingerprint density at radius 2 is 2.00 bits per heavy atom. The van der Waals surface area contributed by atoms with E-state index in [4.69, 9.17) is 0 Å². The second-order valence-corrected chi connectivity index (χ2v) is 5.81. The predicted octanol–water partition coefficient (Wildman–Crippen LogP) is -0.465. The molecule has 15 heavy (non-hydrogen) atoms. The summed E-state index contributed by atoms with van der Waals surface area (Å²) in [7, 11) is -2.89. The highest BCUT2D eigenvalue weighted by atomic mass is 32.2. The van der Waals surface area contributed by atoms with Crippen LogP contribution >= 0.6 is 0 Å². The summed E-state index contributed by atoms with van der Waals surface area (Å²) >= 11 is 0. The molecule has 0 saturated carbocycles. The SMILES string of the molecule is CCNC(=O)C(C)NCCCS(C)(=O)=O. The number of hydrogen-bond acceptors (Lipinski definition) is 4. The number of likely N-dealkylation sites (N-methyl/N-ethyl adjacent to an activating group) is 1. The van der Waals surface area contributed by atoms with Gasteiger partial charge in [0.1, 0.15) is 9.84 Å². The molecule has 0 aromatic carbocycles. The van der Waals surface area contributed by atoms with Gasteiger partial charge in [-0.1, -0.05) is 0 Å². The van der Waals surface area contributed by atoms with Gasteiger partial charge in [-0.25, -0.2) is 8.42 Å². The predicted molar refractivity (Wildman–Crippen MR) is 60.5 cm³/mol. The quantitative estimate of drug-likeness (QED) is 0.586. The van der Waals surface area contributed by atoms with Crippen LogP contribution < -0.4 is 10.6 Å². The molecule has 1 amide bonds. The van der Waals surface area contributed by atoms with E-state index < -0.39 is 9.84 Å². The molecule has 0 saturated heterocycles. The molecule has 0 bridgehead atoms. The smallest absolute Gasteiger partial charge is 0.236 e. The molecule has 0 aromatic heterocycles. The summed E-state index contributed by atoms with van der Waals surface area (Å²) < 4.78 is 21.6. The first-order chi connectivity index (χ1) is 6.87. The number of amides is 1. The fourth-order valence-corrected chi connectivity index (χ4v) is 1.74. The molecule has 0 aliphatic rings. The lowest BCUT2D eigenvalue weighted by Gasteiger charge is -2.12. The van der Waals surface area contributed by atoms with Gasteiger partial charge in [0, 0.05) is 12.8 Å². The van der Waals surface area contributed by atoms with Crippen LogP contribution in [-0.4, -0.2) is 45.5 Å². The van der Waals surface area contributed by atoms with Crippen LogP contribution in [0.5, 0.6) is 0 Å². The van der Waals surface area contributed by atoms with Gasteiger partial charge in [-0.15, -0.1) is 0 Å². The van der Waals surface area contributed by atoms with E-state index in [0.29, 0.717) is 19.5 Å². The van der Waals surface area contributed by atoms with Crippen LogP contribution in [0.25, 0.3) is 0 Å². The zero-order chi connectivity index (χ0) is 11.9. The highest BCUT2D eigenvalue weighted by Crippen LogP contribution is 1.89. The number of carbonyl (C=O) groups excluding carboxylic acids is 1. The number of hydrogen-bond donors (Lipinski definition) is 2. The second kappa shape index (κ2) is 6.79. The minimum Gasteiger partial charge on any atom is -0.355 e. The third kappa shape index (κ3) is 8.38. The van der Waals surface area contributed by atoms with Gasteiger partial charge in [0.2, 0.25) is 5.91 Å². The molecule has 0 rings (SSSR count). The van der Waals surface area contributed by atoms with E-state index in [1.165, 1.54) is 6.26 Å². The van der Waals surface area contributed by atoms with Crippen molar-refractivity contribution in [3.8, 4) is 0 Å². The first kappa shape index (κ1) is 14.4. The molecule has 0 aliphatic carbocycles. The van der Waals surface area contributed by atoms with Crippen molar-refractivity contribution in [1.82, 2.24) is 10.6 Å². The Hall–Kier alpha value is -0.620. The van der Waals surface area contributed by atoms with Gasteiger partial charge in [-0.2, -0.15) is 0 Å². The van der Waals surface area contributed by atoms with E-state index >= 15 is 0 Å². The zero-order valence-electron chi connectivity index (χ0n) is 9.54. The van der Waals surface area contributed by atoms with Crippen LogP contribution in [0.15, 0.2) is 0 Å². The van der Waals surface area contributed by atoms with Gasteiger partial charge in [0.15, 0.2) is 0 Å². The molecular weight excluding hydrogens is 216 g/mol. The van der Waals surface area contributed by atoms with Crippen molar-refractivity contribution in [3.63, 3.8) is 0 Å². The molecular formula is C9H20N2O3S. The molecule has 0 aliphatic heterocycles. The maximum atomic E-state index is 11.2. The fraction of sp³-hybridized carbons (Fsp3) is 0.889. The van der Waals surface area contributed by atoms with Crippen LogP contribution in [-0.2, 0) is 14.6 Å². The van der Waals surface area contributed by atoms with Crippen LogP contribution in [0, 0.1) is 0 Å². The summed E-state index contributed by atoms with van der Waals surface area (Å²) in [6.07, 6.45) is 1.74. The molecule has 6 heteroatoms. The highest BCUT2D eigenvalue weighted by molar-refractivity contribution is 7.90. The van der Waals surface area contributed by atoms with Gasteiger partial charge in [0.05, 0.1) is 11.8 Å². The van der Waals surface area contributed by atoms with Crippen molar-refractivity contribution in [3.05, 3.63) is 0 Å². The molecule has 1 unspecified atom stereocenters. The monoisotopic (exact) mass is 236 g/mol. The van der Waals surface area contributed by atoms with Crippen molar-refractivity contribution in [2.75, 3.05) is 25.1 Å². The second-order valence-electron chi connectivity index (χ2n) is 3.55. The van der Waals surface area contributed by atoms with Gasteiger partial charge >= 0.3 is 0 Å². The van der Waals surface area contributed by atoms with E-state index in [2.05, 4.69) is 10.6 Å². The number of rotatable bonds is 7. The van der Waals surface area contributed by atoms with Gasteiger partial charge < -0.3 is 10.6 Å². The van der Waals surface area contributed by atoms with Crippen LogP contribution in [0.4, 0.5) is 0 Å². The standard InChI is InChI=1S/C9H20N2O3S/c1-4-10-9(12)8(2)11-6-5-7-15(3,13)14/h8,11H,4-7H2,1-3H3,(H,10,12). The van der Waals surface area contributed by atoms with E-state index in [9.17, 15) is 13.2 Å². The van der Waals surface area contributed by atoms with E-state index in [0.717, 1.165) is 0 Å². The lowest BCUT2D eigenvalue weighted by atomic mass is 10.3. The lowest BCUT2D eigenvalue weighted by molar-refractivity contribution is -0.122. The minimum absolute atomic E-state index is 0.0585. The molecule has 2 N–H and O–H groups in total. The topological polar surface area (TPSA) is 75.3 Å². The van der Waals surface area contributed by atoms with Crippen LogP contribution in [0.3, 0.4) is 0 Å². The lowest BCUT2D eigenvalue weighted by Crippen LogP contribution is -2.42. The summed E-state index contributed by atoms with van der Waals surface area (Å²) in [5.74, 6) is 0.0964. The molecule has 0 spiro atoms. The molecule has 90 valence electrons. The maximum Gasteiger partial charge on any atom is 0.236 e. The summed E-state index contributed by atoms with van der Waals surface area (Å²) in [5, 5.41) is 5.65. The van der Waals surface area contributed by atoms with E-state index in [-0.39, 0.29) is 17.7 Å². The molecule has 5 nitrogen and oxygen atoms in total. The Morgan fingerprint density at radius 1 is 1.40 bits per heavy atom. The van der Waals surface area contributed by atoms with Crippen molar-refractivity contribution in [2.24, 2.45) is 0 Å². The molecule has 0 radical (unpaired) electrons. The van der Waals surface area contributed by atoms with Crippen LogP contribution in [0.1, 0.15) is 20.3 Å². The highest BCUT2D eigenvalue weighted by Gasteiger charge is 2.10. The normalized spacial score (nSPS) is 13.5. The third-order valence-electron chi connectivity index (χ3n) is 1.89. The minimum atomic E-state index is -2.89. The third-order valence-corrected chi connectivity index (χ3v) is 2.92. The van der Waals surface area contributed by atoms with E-state index in [1.807, 2.05) is 6.92 Å². The zero-order valence-corrected chi connectivity index (χ0v) is 10.4. The maximum absolute atomic E-state index is 11.2. The average Bonchev–Trinajstić information content (AvgIpc) is 2.11. The molecule has 1 atom stereocenters. The Balaban J connectivity index is 3.64. The average molecular weight is 236 g/mol. The summed E-state index contributed by atoms with van der Waals surface area (Å²) in [5.41, 5.74) is 0. The Kier molecular flexibility index (Phi) is 6.51. The van der Waals surface area contributed by atoms with Crippen molar-refractivity contribution in [1.29, 1.82) is 0 Å². The summed E-state index contributed by atoms with van der Waals surface area (Å²) in [6, 6.07) is -0.274. The fourth-order valence-electron chi connectivity index (χ4n) is 1.07. The van der Waals surface area contributed by atoms with Crippen molar-refractivity contribution < 1.29 is 13.2 Å². The largest absolute Gasteiger partial charge is 0.355 e. The molecule has 0 fully saturated rings. The van der Waals surface area contributed by atoms with Gasteiger partial charge in [0.25, 0.3) is 0 Å². The first-order valence-corrected chi connectivity index (χ1v) is 7.11. The number of carbonyl (C=O) groups is 1. The summed E-state index contributed by atoms with van der Waals surface area (Å²) in [4.78, 5) is 11.2. The molecule has 0 heterocycles. The number of sulfone groups is 1. The van der Waals surface area contributed by atoms with Gasteiger partial charge in [-0.3, -0.25) is 4.79 Å². The Bertz CT molecular complexity index is 288. The Labute approximate surface area is 91.5 Å². The molecule has 0 aromatic rings. The van der Waals surface area contributed by atoms with Crippen LogP contribution in [0.2, 0.25) is 0 Å². The number of nitrogens with one attached hydrogen (secondary N) is 2. The first-order valence-electron chi connectivity index (χ1n) is 5.05. The Morgan fingerprint density at radius 3 is 2.47 bits per heavy atom. The van der Waals surface area contributed by atoms with Crippen molar-refractivity contribution in [2.45, 2.75) is 26.3 Å². The van der Waals surface area contributed by atoms with E-state index in [1.54, 1.807) is 6.92 Å².